The van der Waals surface area contributed by atoms with Gasteiger partial charge in [0.15, 0.2) is 34.9 Å². The Morgan fingerprint density at radius 3 is 1.16 bits per heavy atom. The number of Topliss-reactive ketones (excluding diaryl/α,β-unsaturated/α-hetero) is 1. The molecule has 12 aromatic heterocycles. The summed E-state index contributed by atoms with van der Waals surface area (Å²) in [5.74, 6) is 4.71. The molecule has 0 aliphatic carbocycles. The maximum Gasteiger partial charge on any atom is 0.391 e. The largest absolute Gasteiger partial charge is 0.495 e. The quantitative estimate of drug-likeness (QED) is 0.0164. The number of nitrogen functional groups attached to an aromatic ring is 5. The fraction of sp³-hybridized carbons (Fsp3) is 0.538. The minimum absolute atomic E-state index is 0.00000520. The molecule has 31 nitrogen and oxygen atoms in total. The van der Waals surface area contributed by atoms with E-state index in [0.717, 1.165) is 170 Å². The molecule has 6 atom stereocenters. The van der Waals surface area contributed by atoms with Crippen LogP contribution in [0.5, 0.6) is 5.75 Å². The van der Waals surface area contributed by atoms with Crippen molar-refractivity contribution in [3.63, 3.8) is 0 Å². The summed E-state index contributed by atoms with van der Waals surface area (Å²) in [7, 11) is 1.62. The average molecular weight is 1770 g/mol. The van der Waals surface area contributed by atoms with Crippen LogP contribution in [-0.4, -0.2) is 142 Å². The Morgan fingerprint density at radius 2 is 0.758 bits per heavy atom. The highest BCUT2D eigenvalue weighted by Crippen LogP contribution is 2.38. The average Bonchev–Trinajstić information content (AvgIpc) is 0.795. The van der Waals surface area contributed by atoms with Crippen molar-refractivity contribution >= 4 is 137 Å². The van der Waals surface area contributed by atoms with Crippen molar-refractivity contribution in [2.75, 3.05) is 67.7 Å². The van der Waals surface area contributed by atoms with Crippen molar-refractivity contribution in [1.82, 2.24) is 89.7 Å². The number of anilines is 11. The number of carbonyl (C=O) groups excluding carboxylic acids is 1. The van der Waals surface area contributed by atoms with E-state index < -0.39 is 23.5 Å². The lowest BCUT2D eigenvalue weighted by Crippen LogP contribution is -2.37. The van der Waals surface area contributed by atoms with Crippen molar-refractivity contribution in [3.05, 3.63) is 109 Å². The van der Waals surface area contributed by atoms with Crippen LogP contribution in [0.15, 0.2) is 91.8 Å². The third-order valence-corrected chi connectivity index (χ3v) is 22.4. The van der Waals surface area contributed by atoms with Gasteiger partial charge in [0.2, 0.25) is 29.7 Å². The van der Waals surface area contributed by atoms with Gasteiger partial charge in [-0.1, -0.05) is 120 Å². The first-order valence-electron chi connectivity index (χ1n) is 44.6. The van der Waals surface area contributed by atoms with Crippen LogP contribution in [0, 0.1) is 25.6 Å². The summed E-state index contributed by atoms with van der Waals surface area (Å²) in [4.78, 5) is 88.6. The fourth-order valence-electron chi connectivity index (χ4n) is 14.1. The summed E-state index contributed by atoms with van der Waals surface area (Å²) in [6.07, 6.45) is 24.8. The zero-order valence-electron chi connectivity index (χ0n) is 78.9. The van der Waals surface area contributed by atoms with Crippen LogP contribution in [0.25, 0.3) is 66.2 Å². The van der Waals surface area contributed by atoms with Crippen LogP contribution in [0.3, 0.4) is 0 Å². The molecule has 128 heavy (non-hydrogen) atoms. The summed E-state index contributed by atoms with van der Waals surface area (Å²) < 4.78 is 57.1. The standard InChI is InChI=1S/C18H26F3N5.C18H27N5O.C15H22FN5.C15H23N5.C14H21N5.C13H18N4O/c1-4-5-9-17(3,10-8-12(2)18(19,20)21)26-15-14-13(7-6-11-23-14)24-16(22)25-15;1-5-6-9-18(4,10-7-13(3)24)23-16-15-14(21-17(19)22-16)12(2)8-11-20-15;1-4-6-7-15(3,5-2)21-13-12-11(19-14(17)20-13)8-10(16)9-18-12;1-4-6-9-15(3,5-2)20-13-12-11(8-7-10-17-12)18-14(16)19-13;1-4-8-14(3,5-2)19-12-11-10(7-6-9-16-11)17-13(15)18-12;1-8-15-10-6-9(18-5)7-14-11(10)12(16-8)17-13(2,3)4/h6-7,11-12H,4-5,8-10H2,1-3H3,(H3,22,24,25,26);8,11H,5-7,9-10H2,1-4H3,(H3,19,21,22,23);8-9H,4-7H2,1-3H3,(H3,17,19,20,21);7-8,10H,4-6,9H2,1-3H3,(H3,16,18,19,20);6-7,9H,4-5,8H2,1-3H3,(H3,15,17,18,19);6-7H,1-5H3,(H,15,16,17)/t12-,17-;18-;2*15-;14-;/m10110./s1. The molecular formula is C93H137F4N29O2. The van der Waals surface area contributed by atoms with Crippen molar-refractivity contribution in [3.8, 4) is 5.75 Å². The van der Waals surface area contributed by atoms with E-state index in [9.17, 15) is 22.4 Å². The number of carbonyl (C=O) groups is 1. The predicted octanol–water partition coefficient (Wildman–Crippen LogP) is 21.0. The molecule has 0 saturated heterocycles. The van der Waals surface area contributed by atoms with Gasteiger partial charge < -0.3 is 70.1 Å². The van der Waals surface area contributed by atoms with Crippen LogP contribution in [0.2, 0.25) is 0 Å². The number of hydrogen-bond acceptors (Lipinski definition) is 31. The van der Waals surface area contributed by atoms with Gasteiger partial charge in [-0.3, -0.25) is 19.9 Å². The van der Waals surface area contributed by atoms with Gasteiger partial charge in [0.25, 0.3) is 0 Å². The minimum atomic E-state index is -4.18. The molecule has 0 fully saturated rings. The van der Waals surface area contributed by atoms with Crippen molar-refractivity contribution < 1.29 is 27.1 Å². The second-order valence-electron chi connectivity index (χ2n) is 35.2. The van der Waals surface area contributed by atoms with E-state index in [2.05, 4.69) is 225 Å². The number of fused-ring (bicyclic) bond motifs is 6. The fourth-order valence-corrected chi connectivity index (χ4v) is 14.1. The number of pyridine rings is 6. The van der Waals surface area contributed by atoms with Crippen LogP contribution < -0.4 is 65.3 Å². The van der Waals surface area contributed by atoms with Crippen molar-refractivity contribution in [1.29, 1.82) is 0 Å². The number of ketones is 1. The topological polar surface area (TPSA) is 461 Å². The van der Waals surface area contributed by atoms with Crippen LogP contribution in [0.1, 0.15) is 271 Å². The Bertz CT molecular complexity index is 5570. The molecule has 0 aliphatic rings. The lowest BCUT2D eigenvalue weighted by molar-refractivity contribution is -0.171. The molecule has 0 unspecified atom stereocenters. The second-order valence-corrected chi connectivity index (χ2v) is 35.2. The van der Waals surface area contributed by atoms with E-state index in [0.29, 0.717) is 63.9 Å². The first-order chi connectivity index (χ1) is 60.5. The number of aryl methyl sites for hydroxylation is 2. The van der Waals surface area contributed by atoms with Gasteiger partial charge in [0.05, 0.1) is 58.5 Å². The van der Waals surface area contributed by atoms with Gasteiger partial charge in [-0.15, -0.1) is 0 Å². The van der Waals surface area contributed by atoms with E-state index >= 15 is 0 Å². The number of aromatic nitrogens is 18. The molecule has 12 aromatic rings. The molecule has 12 rings (SSSR count). The highest BCUT2D eigenvalue weighted by molar-refractivity contribution is 5.91. The first kappa shape index (κ1) is 103. The number of nitrogens with zero attached hydrogens (tertiary/aromatic N) is 18. The lowest BCUT2D eigenvalue weighted by Gasteiger charge is -2.33. The number of halogens is 4. The first-order valence-corrected chi connectivity index (χ1v) is 44.6. The van der Waals surface area contributed by atoms with Crippen molar-refractivity contribution in [2.24, 2.45) is 5.92 Å². The normalized spacial score (nSPS) is 14.0. The smallest absolute Gasteiger partial charge is 0.391 e. The zero-order valence-corrected chi connectivity index (χ0v) is 78.9. The molecule has 0 radical (unpaired) electrons. The monoisotopic (exact) mass is 1770 g/mol. The van der Waals surface area contributed by atoms with E-state index in [1.807, 2.05) is 57.2 Å². The van der Waals surface area contributed by atoms with E-state index in [-0.39, 0.29) is 69.6 Å². The number of alkyl halides is 3. The molecule has 0 aliphatic heterocycles. The summed E-state index contributed by atoms with van der Waals surface area (Å²) in [6, 6.07) is 16.1. The van der Waals surface area contributed by atoms with Gasteiger partial charge in [-0.2, -0.15) is 38.1 Å². The SMILES string of the molecule is CCCC[C@@](C)(CC)Nc1nc(N)nc2cc(F)cnc12.CCCC[C@@](C)(CC)Nc1nc(N)nc2cccnc12.CCCC[C@@](C)(CCC(C)=O)Nc1nc(N)nc2c(C)ccnc12.CCCC[C@](C)(CC[C@@H](C)C(F)(F)F)Nc1nc(N)nc2cccnc12.CCC[C@](C)(CC)Nc1nc(N)nc2cccnc12.COc1cnc2c(NC(C)(C)C)nc(C)nc2c1. The number of unbranched alkanes of at least 4 members (excludes halogenated alkanes) is 4. The summed E-state index contributed by atoms with van der Waals surface area (Å²) in [5, 5.41) is 20.6. The molecule has 16 N–H and O–H groups in total. The van der Waals surface area contributed by atoms with Gasteiger partial charge >= 0.3 is 6.18 Å². The van der Waals surface area contributed by atoms with Gasteiger partial charge in [-0.05, 0) is 195 Å². The number of hydrogen-bond donors (Lipinski definition) is 11. The number of rotatable bonds is 35. The van der Waals surface area contributed by atoms with Gasteiger partial charge in [0.1, 0.15) is 56.3 Å². The third kappa shape index (κ3) is 31.2. The third-order valence-electron chi connectivity index (χ3n) is 22.4. The Labute approximate surface area is 750 Å². The zero-order chi connectivity index (χ0) is 94.4. The maximum atomic E-state index is 13.3. The molecule has 0 saturated carbocycles. The highest BCUT2D eigenvalue weighted by atomic mass is 19.4. The highest BCUT2D eigenvalue weighted by Gasteiger charge is 2.38. The second kappa shape index (κ2) is 47.1. The van der Waals surface area contributed by atoms with E-state index in [4.69, 9.17) is 33.4 Å². The van der Waals surface area contributed by atoms with Gasteiger partial charge in [0, 0.05) is 76.6 Å². The molecular weight excluding hydrogens is 1630 g/mol. The summed E-state index contributed by atoms with van der Waals surface area (Å²) >= 11 is 0. The number of methoxy groups -OCH3 is 1. The Kier molecular flexibility index (Phi) is 37.9. The lowest BCUT2D eigenvalue weighted by atomic mass is 9.86. The molecule has 694 valence electrons. The predicted molar refractivity (Wildman–Crippen MR) is 514 cm³/mol. The molecule has 0 bridgehead atoms. The van der Waals surface area contributed by atoms with E-state index in [1.54, 1.807) is 57.2 Å². The Morgan fingerprint density at radius 1 is 0.398 bits per heavy atom. The molecule has 12 heterocycles. The molecule has 0 aromatic carbocycles. The number of ether oxygens (including phenoxy) is 1. The number of nitrogens with two attached hydrogens (primary N) is 5. The molecule has 0 amide bonds. The van der Waals surface area contributed by atoms with Crippen LogP contribution >= 0.6 is 0 Å². The summed E-state index contributed by atoms with van der Waals surface area (Å²) in [5.41, 5.74) is 37.3. The summed E-state index contributed by atoms with van der Waals surface area (Å²) in [6.45, 7) is 40.8. The molecule has 0 spiro atoms. The number of nitrogens with one attached hydrogen (secondary N) is 6. The van der Waals surface area contributed by atoms with Crippen molar-refractivity contribution in [2.45, 2.75) is 313 Å². The van der Waals surface area contributed by atoms with Crippen LogP contribution in [-0.2, 0) is 4.79 Å². The maximum absolute atomic E-state index is 13.3. The van der Waals surface area contributed by atoms with Gasteiger partial charge in [-0.25, -0.2) is 49.2 Å². The van der Waals surface area contributed by atoms with E-state index in [1.165, 1.54) is 32.0 Å². The Balaban J connectivity index is 0.000000211. The van der Waals surface area contributed by atoms with Crippen LogP contribution in [0.4, 0.5) is 82.2 Å². The molecule has 35 heteroatoms. The minimum Gasteiger partial charge on any atom is -0.495 e. The Hall–Kier alpha value is -12.1.